The van der Waals surface area contributed by atoms with Gasteiger partial charge in [0.15, 0.2) is 0 Å². The number of rotatable bonds is 6. The third-order valence-corrected chi connectivity index (χ3v) is 16.9. The van der Waals surface area contributed by atoms with Crippen LogP contribution in [0.2, 0.25) is 0 Å². The van der Waals surface area contributed by atoms with Crippen LogP contribution in [0, 0.1) is 0 Å². The Morgan fingerprint density at radius 1 is 0.297 bits per heavy atom. The maximum absolute atomic E-state index is 2.54. The fraction of sp³-hybridized carbons (Fsp3) is 0.0278. The lowest BCUT2D eigenvalue weighted by Gasteiger charge is -2.39. The smallest absolute Gasteiger partial charge is 0.0754 e. The molecule has 1 aromatic heterocycles. The van der Waals surface area contributed by atoms with Gasteiger partial charge < -0.3 is 9.47 Å². The number of hydrogen-bond acceptors (Lipinski definition) is 1. The summed E-state index contributed by atoms with van der Waals surface area (Å²) in [6.07, 6.45) is 0. The molecule has 0 N–H and O–H groups in total. The van der Waals surface area contributed by atoms with Crippen LogP contribution in [0.25, 0.3) is 71.6 Å². The summed E-state index contributed by atoms with van der Waals surface area (Å²) in [6.45, 7) is 0. The minimum absolute atomic E-state index is 0.524. The van der Waals surface area contributed by atoms with Crippen molar-refractivity contribution in [3.05, 3.63) is 324 Å². The zero-order chi connectivity index (χ0) is 48.5. The van der Waals surface area contributed by atoms with Gasteiger partial charge in [-0.15, -0.1) is 0 Å². The van der Waals surface area contributed by atoms with E-state index in [-0.39, 0.29) is 0 Å². The molecule has 74 heavy (non-hydrogen) atoms. The average Bonchev–Trinajstić information content (AvgIpc) is 4.10. The molecular weight excluding hydrogens is 893 g/mol. The highest BCUT2D eigenvalue weighted by Crippen LogP contribution is 2.63. The summed E-state index contributed by atoms with van der Waals surface area (Å²) in [5.41, 5.74) is 24.0. The predicted octanol–water partition coefficient (Wildman–Crippen LogP) is 18.1. The van der Waals surface area contributed by atoms with E-state index in [1.165, 1.54) is 116 Å². The summed E-state index contributed by atoms with van der Waals surface area (Å²) in [5, 5.41) is 4.96. The lowest BCUT2D eigenvalue weighted by Crippen LogP contribution is -2.33. The predicted molar refractivity (Wildman–Crippen MR) is 307 cm³/mol. The highest BCUT2D eigenvalue weighted by Gasteiger charge is 2.51. The summed E-state index contributed by atoms with van der Waals surface area (Å²) in [6, 6.07) is 105. The van der Waals surface area contributed by atoms with Crippen molar-refractivity contribution in [1.29, 1.82) is 0 Å². The molecule has 1 atom stereocenters. The molecule has 1 unspecified atom stereocenters. The molecule has 2 nitrogen and oxygen atoms in total. The topological polar surface area (TPSA) is 8.17 Å². The minimum Gasteiger partial charge on any atom is -0.309 e. The van der Waals surface area contributed by atoms with Gasteiger partial charge in [0.1, 0.15) is 0 Å². The van der Waals surface area contributed by atoms with Gasteiger partial charge in [0.05, 0.1) is 38.9 Å². The van der Waals surface area contributed by atoms with Gasteiger partial charge in [0.2, 0.25) is 0 Å². The summed E-state index contributed by atoms with van der Waals surface area (Å²) in [5.74, 6) is 0. The molecule has 0 saturated heterocycles. The Morgan fingerprint density at radius 3 is 1.61 bits per heavy atom. The van der Waals surface area contributed by atoms with Crippen LogP contribution >= 0.6 is 0 Å². The van der Waals surface area contributed by atoms with Crippen LogP contribution in [0.5, 0.6) is 0 Å². The molecule has 0 saturated carbocycles. The first kappa shape index (κ1) is 41.2. The third kappa shape index (κ3) is 5.28. The van der Waals surface area contributed by atoms with Gasteiger partial charge in [-0.25, -0.2) is 0 Å². The molecule has 13 aromatic rings. The van der Waals surface area contributed by atoms with Crippen LogP contribution < -0.4 is 4.90 Å². The van der Waals surface area contributed by atoms with Gasteiger partial charge in [0.25, 0.3) is 0 Å². The Balaban J connectivity index is 0.932. The van der Waals surface area contributed by atoms with E-state index >= 15 is 0 Å². The molecule has 1 aliphatic heterocycles. The Morgan fingerprint density at radius 2 is 0.838 bits per heavy atom. The second kappa shape index (κ2) is 15.5. The van der Waals surface area contributed by atoms with Crippen molar-refractivity contribution >= 4 is 49.6 Å². The molecule has 0 radical (unpaired) electrons. The molecule has 16 rings (SSSR count). The van der Waals surface area contributed by atoms with E-state index in [1.807, 2.05) is 0 Å². The fourth-order valence-corrected chi connectivity index (χ4v) is 14.1. The number of aromatic nitrogens is 1. The van der Waals surface area contributed by atoms with E-state index in [0.717, 1.165) is 17.1 Å². The largest absolute Gasteiger partial charge is 0.309 e. The van der Waals surface area contributed by atoms with Crippen LogP contribution in [0.15, 0.2) is 279 Å². The van der Waals surface area contributed by atoms with Crippen molar-refractivity contribution in [2.45, 2.75) is 10.8 Å². The molecule has 2 heteroatoms. The van der Waals surface area contributed by atoms with E-state index in [9.17, 15) is 0 Å². The highest BCUT2D eigenvalue weighted by molar-refractivity contribution is 6.13. The molecule has 12 aromatic carbocycles. The Hall–Kier alpha value is -9.50. The van der Waals surface area contributed by atoms with E-state index < -0.39 is 10.8 Å². The molecule has 1 spiro atoms. The van der Waals surface area contributed by atoms with Crippen molar-refractivity contribution in [2.75, 3.05) is 4.90 Å². The molecule has 0 fully saturated rings. The first-order chi connectivity index (χ1) is 36.8. The Kier molecular flexibility index (Phi) is 8.62. The van der Waals surface area contributed by atoms with Crippen LogP contribution in [0.3, 0.4) is 0 Å². The molecule has 344 valence electrons. The number of benzene rings is 12. The normalized spacial score (nSPS) is 15.2. The van der Waals surface area contributed by atoms with Crippen molar-refractivity contribution < 1.29 is 0 Å². The van der Waals surface area contributed by atoms with Gasteiger partial charge >= 0.3 is 0 Å². The van der Waals surface area contributed by atoms with Gasteiger partial charge in [-0.2, -0.15) is 0 Å². The van der Waals surface area contributed by atoms with Crippen LogP contribution in [0.4, 0.5) is 17.1 Å². The molecule has 0 amide bonds. The van der Waals surface area contributed by atoms with Crippen molar-refractivity contribution in [3.8, 4) is 39.1 Å². The second-order valence-electron chi connectivity index (χ2n) is 20.2. The van der Waals surface area contributed by atoms with Crippen molar-refractivity contribution in [1.82, 2.24) is 4.57 Å². The maximum Gasteiger partial charge on any atom is 0.0754 e. The monoisotopic (exact) mass is 938 g/mol. The molecule has 0 bridgehead atoms. The average molecular weight is 939 g/mol. The first-order valence-electron chi connectivity index (χ1n) is 25.8. The number of nitrogens with zero attached hydrogens (tertiary/aromatic N) is 2. The zero-order valence-electron chi connectivity index (χ0n) is 40.5. The van der Waals surface area contributed by atoms with Gasteiger partial charge in [-0.05, 0) is 120 Å². The van der Waals surface area contributed by atoms with Crippen LogP contribution in [-0.4, -0.2) is 4.57 Å². The van der Waals surface area contributed by atoms with Gasteiger partial charge in [-0.1, -0.05) is 237 Å². The zero-order valence-corrected chi connectivity index (χ0v) is 40.5. The molecule has 3 aliphatic rings. The van der Waals surface area contributed by atoms with Crippen LogP contribution in [-0.2, 0) is 10.8 Å². The Bertz CT molecular complexity index is 4390. The van der Waals surface area contributed by atoms with Gasteiger partial charge in [0, 0.05) is 27.4 Å². The number of hydrogen-bond donors (Lipinski definition) is 0. The lowest BCUT2D eigenvalue weighted by atomic mass is 9.65. The van der Waals surface area contributed by atoms with E-state index in [2.05, 4.69) is 289 Å². The minimum atomic E-state index is -0.541. The van der Waals surface area contributed by atoms with E-state index in [0.29, 0.717) is 0 Å². The third-order valence-electron chi connectivity index (χ3n) is 16.9. The molecule has 2 aliphatic carbocycles. The summed E-state index contributed by atoms with van der Waals surface area (Å²) >= 11 is 0. The van der Waals surface area contributed by atoms with Crippen molar-refractivity contribution in [3.63, 3.8) is 0 Å². The standard InChI is InChI=1S/C72H46N2/c1-4-22-48(23-5-1)71(49-24-6-2-7-25-49)60-35-16-13-32-58(60)69-62(71)37-21-41-68(69)73(50-26-8-3-9-27-50)66-45-44-51(52-28-10-11-30-55(52)66)47-42-43-54-53-29-12-15-34-59(53)72(64(54)46-47)61-36-17-19-40-67(61)74-65-39-18-14-31-56(65)57-33-20-38-63(72)70(57)74/h1-46H. The second-order valence-corrected chi connectivity index (χ2v) is 20.2. The number of fused-ring (bicyclic) bond motifs is 16. The quantitative estimate of drug-likeness (QED) is 0.161. The highest BCUT2D eigenvalue weighted by atomic mass is 15.1. The lowest BCUT2D eigenvalue weighted by molar-refractivity contribution is 0.749. The summed E-state index contributed by atoms with van der Waals surface area (Å²) < 4.78 is 2.53. The van der Waals surface area contributed by atoms with Crippen LogP contribution in [0.1, 0.15) is 44.5 Å². The summed E-state index contributed by atoms with van der Waals surface area (Å²) in [7, 11) is 0. The van der Waals surface area contributed by atoms with Gasteiger partial charge in [-0.3, -0.25) is 0 Å². The molecular formula is C72H46N2. The number of para-hydroxylation sites is 4. The number of anilines is 3. The summed E-state index contributed by atoms with van der Waals surface area (Å²) in [4.78, 5) is 2.51. The SMILES string of the molecule is c1ccc(N(c2cccc3c2-c2ccccc2C3(c2ccccc2)c2ccccc2)c2ccc(-c3ccc4c(c3)C3(c5ccccc5-4)c4ccccc4-n4c5ccccc5c5cccc3c54)c3ccccc23)cc1. The maximum atomic E-state index is 2.54. The Labute approximate surface area is 430 Å². The molecule has 2 heterocycles. The van der Waals surface area contributed by atoms with E-state index in [4.69, 9.17) is 0 Å². The van der Waals surface area contributed by atoms with Crippen molar-refractivity contribution in [2.24, 2.45) is 0 Å². The first-order valence-corrected chi connectivity index (χ1v) is 25.8. The fourth-order valence-electron chi connectivity index (χ4n) is 14.1. The van der Waals surface area contributed by atoms with E-state index in [1.54, 1.807) is 0 Å².